The van der Waals surface area contributed by atoms with Crippen molar-refractivity contribution in [3.8, 4) is 17.2 Å². The molecule has 3 aromatic carbocycles. The van der Waals surface area contributed by atoms with E-state index in [2.05, 4.69) is 43.8 Å². The maximum Gasteiger partial charge on any atom is 0.329 e. The maximum absolute atomic E-state index is 12.5. The predicted octanol–water partition coefficient (Wildman–Crippen LogP) is 4.10. The molecule has 0 aliphatic rings. The van der Waals surface area contributed by atoms with Gasteiger partial charge in [-0.25, -0.2) is 5.43 Å². The molecule has 3 rings (SSSR count). The molecule has 0 spiro atoms. The molecule has 0 saturated heterocycles. The van der Waals surface area contributed by atoms with E-state index in [1.165, 1.54) is 6.21 Å². The van der Waals surface area contributed by atoms with E-state index >= 15 is 0 Å². The number of hydrazone groups is 1. The molecule has 0 heterocycles. The Morgan fingerprint density at radius 2 is 1.65 bits per heavy atom. The number of amides is 3. The second-order valence-corrected chi connectivity index (χ2v) is 9.87. The van der Waals surface area contributed by atoms with Gasteiger partial charge in [0.2, 0.25) is 0 Å². The molecule has 10 nitrogen and oxygen atoms in total. The standard InChI is InChI=1S/C29H31IN4O6/c1-5-39-25-14-21(16-32-34-29(37)28(36)31-15-20-6-8-23(38-4)9-7-20)13-24(30)27(25)40-17-26(35)33-22-11-18(2)10-19(3)12-22/h6-14,16H,5,15,17H2,1-4H3,(H,31,36)(H,33,35)(H,34,37)/b32-16-. The van der Waals surface area contributed by atoms with E-state index < -0.39 is 11.8 Å². The Labute approximate surface area is 246 Å². The molecular weight excluding hydrogens is 627 g/mol. The summed E-state index contributed by atoms with van der Waals surface area (Å²) in [6.45, 7) is 6.09. The number of hydrogen-bond donors (Lipinski definition) is 3. The summed E-state index contributed by atoms with van der Waals surface area (Å²) in [5.74, 6) is -0.500. The highest BCUT2D eigenvalue weighted by atomic mass is 127. The van der Waals surface area contributed by atoms with Gasteiger partial charge in [-0.15, -0.1) is 0 Å². The number of aryl methyl sites for hydroxylation is 2. The first-order valence-corrected chi connectivity index (χ1v) is 13.5. The van der Waals surface area contributed by atoms with Crippen LogP contribution in [0, 0.1) is 17.4 Å². The first-order valence-electron chi connectivity index (χ1n) is 12.4. The average Bonchev–Trinajstić information content (AvgIpc) is 2.91. The third kappa shape index (κ3) is 9.26. The molecule has 0 saturated carbocycles. The number of benzene rings is 3. The van der Waals surface area contributed by atoms with E-state index in [4.69, 9.17) is 14.2 Å². The van der Waals surface area contributed by atoms with Crippen LogP contribution >= 0.6 is 22.6 Å². The number of rotatable bonds is 11. The summed E-state index contributed by atoms with van der Waals surface area (Å²) in [7, 11) is 1.57. The number of ether oxygens (including phenoxy) is 3. The molecule has 40 heavy (non-hydrogen) atoms. The van der Waals surface area contributed by atoms with Gasteiger partial charge in [0.1, 0.15) is 5.75 Å². The van der Waals surface area contributed by atoms with Gasteiger partial charge in [0, 0.05) is 12.2 Å². The molecular formula is C29H31IN4O6. The van der Waals surface area contributed by atoms with Crippen LogP contribution in [0.2, 0.25) is 0 Å². The van der Waals surface area contributed by atoms with Gasteiger partial charge in [-0.3, -0.25) is 14.4 Å². The molecule has 0 aromatic heterocycles. The molecule has 3 aromatic rings. The van der Waals surface area contributed by atoms with Crippen LogP contribution < -0.4 is 30.3 Å². The number of methoxy groups -OCH3 is 1. The van der Waals surface area contributed by atoms with Crippen LogP contribution in [0.4, 0.5) is 5.69 Å². The van der Waals surface area contributed by atoms with Gasteiger partial charge in [0.15, 0.2) is 18.1 Å². The SMILES string of the molecule is CCOc1cc(/C=N\NC(=O)C(=O)NCc2ccc(OC)cc2)cc(I)c1OCC(=O)Nc1cc(C)cc(C)c1. The zero-order chi connectivity index (χ0) is 29.1. The molecule has 3 amide bonds. The van der Waals surface area contributed by atoms with Crippen LogP contribution in [0.25, 0.3) is 0 Å². The molecule has 3 N–H and O–H groups in total. The molecule has 0 atom stereocenters. The van der Waals surface area contributed by atoms with Crippen molar-refractivity contribution in [2.24, 2.45) is 5.10 Å². The third-order valence-corrected chi connectivity index (χ3v) is 6.18. The van der Waals surface area contributed by atoms with E-state index in [1.54, 1.807) is 43.5 Å². The van der Waals surface area contributed by atoms with Gasteiger partial charge < -0.3 is 24.8 Å². The Morgan fingerprint density at radius 3 is 2.30 bits per heavy atom. The number of carbonyl (C=O) groups excluding carboxylic acids is 3. The number of nitrogens with one attached hydrogen (secondary N) is 3. The molecule has 0 aliphatic carbocycles. The topological polar surface area (TPSA) is 127 Å². The Morgan fingerprint density at radius 1 is 0.950 bits per heavy atom. The number of halogens is 1. The van der Waals surface area contributed by atoms with E-state index in [9.17, 15) is 14.4 Å². The van der Waals surface area contributed by atoms with E-state index in [0.29, 0.717) is 38.7 Å². The lowest BCUT2D eigenvalue weighted by Gasteiger charge is -2.15. The number of carbonyl (C=O) groups is 3. The normalized spacial score (nSPS) is 10.6. The minimum absolute atomic E-state index is 0.181. The smallest absolute Gasteiger partial charge is 0.329 e. The van der Waals surface area contributed by atoms with Crippen molar-refractivity contribution < 1.29 is 28.6 Å². The molecule has 0 unspecified atom stereocenters. The summed E-state index contributed by atoms with van der Waals surface area (Å²) in [4.78, 5) is 36.7. The Hall–Kier alpha value is -4.13. The van der Waals surface area contributed by atoms with Gasteiger partial charge in [-0.2, -0.15) is 5.10 Å². The fourth-order valence-corrected chi connectivity index (χ4v) is 4.45. The first-order chi connectivity index (χ1) is 19.2. The van der Waals surface area contributed by atoms with Crippen molar-refractivity contribution in [1.82, 2.24) is 10.7 Å². The lowest BCUT2D eigenvalue weighted by atomic mass is 10.1. The Balaban J connectivity index is 1.57. The first kappa shape index (κ1) is 30.4. The van der Waals surface area contributed by atoms with Crippen molar-refractivity contribution in [2.75, 3.05) is 25.6 Å². The van der Waals surface area contributed by atoms with Crippen LogP contribution in [-0.2, 0) is 20.9 Å². The summed E-state index contributed by atoms with van der Waals surface area (Å²) in [5.41, 5.74) is 6.42. The van der Waals surface area contributed by atoms with Crippen LogP contribution in [0.15, 0.2) is 59.7 Å². The summed E-state index contributed by atoms with van der Waals surface area (Å²) < 4.78 is 17.3. The second kappa shape index (κ2) is 14.9. The second-order valence-electron chi connectivity index (χ2n) is 8.71. The monoisotopic (exact) mass is 658 g/mol. The van der Waals surface area contributed by atoms with Gasteiger partial charge in [-0.1, -0.05) is 18.2 Å². The Kier molecular flexibility index (Phi) is 11.3. The molecule has 0 bridgehead atoms. The zero-order valence-electron chi connectivity index (χ0n) is 22.7. The van der Waals surface area contributed by atoms with E-state index in [-0.39, 0.29) is 19.1 Å². The quantitative estimate of drug-likeness (QED) is 0.123. The highest BCUT2D eigenvalue weighted by molar-refractivity contribution is 14.1. The predicted molar refractivity (Wildman–Crippen MR) is 161 cm³/mol. The molecule has 0 radical (unpaired) electrons. The van der Waals surface area contributed by atoms with Crippen LogP contribution in [-0.4, -0.2) is 44.3 Å². The number of nitrogens with zero attached hydrogens (tertiary/aromatic N) is 1. The molecule has 0 fully saturated rings. The van der Waals surface area contributed by atoms with Crippen molar-refractivity contribution >= 4 is 52.2 Å². The fraction of sp³-hybridized carbons (Fsp3) is 0.241. The van der Waals surface area contributed by atoms with Crippen molar-refractivity contribution in [3.05, 3.63) is 80.4 Å². The maximum atomic E-state index is 12.5. The van der Waals surface area contributed by atoms with E-state index in [0.717, 1.165) is 16.7 Å². The summed E-state index contributed by atoms with van der Waals surface area (Å²) >= 11 is 2.07. The van der Waals surface area contributed by atoms with E-state index in [1.807, 2.05) is 39.0 Å². The summed E-state index contributed by atoms with van der Waals surface area (Å²) in [5, 5.41) is 9.26. The van der Waals surface area contributed by atoms with Gasteiger partial charge >= 0.3 is 11.8 Å². The lowest BCUT2D eigenvalue weighted by molar-refractivity contribution is -0.139. The number of hydrogen-bond acceptors (Lipinski definition) is 7. The van der Waals surface area contributed by atoms with Crippen LogP contribution in [0.5, 0.6) is 17.2 Å². The van der Waals surface area contributed by atoms with Gasteiger partial charge in [0.25, 0.3) is 5.91 Å². The lowest BCUT2D eigenvalue weighted by Crippen LogP contribution is -2.37. The van der Waals surface area contributed by atoms with Crippen molar-refractivity contribution in [2.45, 2.75) is 27.3 Å². The van der Waals surface area contributed by atoms with Crippen molar-refractivity contribution in [1.29, 1.82) is 0 Å². The molecule has 11 heteroatoms. The summed E-state index contributed by atoms with van der Waals surface area (Å²) in [6.07, 6.45) is 1.38. The zero-order valence-corrected chi connectivity index (χ0v) is 24.8. The molecule has 0 aliphatic heterocycles. The van der Waals surface area contributed by atoms with Gasteiger partial charge in [-0.05, 0) is 102 Å². The third-order valence-electron chi connectivity index (χ3n) is 5.38. The summed E-state index contributed by atoms with van der Waals surface area (Å²) in [6, 6.07) is 16.3. The largest absolute Gasteiger partial charge is 0.497 e. The average molecular weight is 658 g/mol. The highest BCUT2D eigenvalue weighted by Crippen LogP contribution is 2.34. The van der Waals surface area contributed by atoms with Crippen molar-refractivity contribution in [3.63, 3.8) is 0 Å². The Bertz CT molecular complexity index is 1370. The van der Waals surface area contributed by atoms with Crippen LogP contribution in [0.3, 0.4) is 0 Å². The van der Waals surface area contributed by atoms with Gasteiger partial charge in [0.05, 0.1) is 23.5 Å². The van der Waals surface area contributed by atoms with Crippen LogP contribution in [0.1, 0.15) is 29.2 Å². The fourth-order valence-electron chi connectivity index (χ4n) is 3.67. The highest BCUT2D eigenvalue weighted by Gasteiger charge is 2.15. The minimum atomic E-state index is -0.903. The minimum Gasteiger partial charge on any atom is -0.497 e. The molecule has 210 valence electrons. The number of anilines is 1.